The molecule has 0 amide bonds. The van der Waals surface area contributed by atoms with Crippen LogP contribution in [-0.4, -0.2) is 17.4 Å². The maximum atomic E-state index is 8.80. The second-order valence-electron chi connectivity index (χ2n) is 5.49. The highest BCUT2D eigenvalue weighted by Crippen LogP contribution is 2.16. The van der Waals surface area contributed by atoms with E-state index in [0.717, 1.165) is 19.3 Å². The van der Waals surface area contributed by atoms with E-state index in [4.69, 9.17) is 14.7 Å². The minimum Gasteiger partial charge on any atom is -0.512 e. The van der Waals surface area contributed by atoms with Crippen molar-refractivity contribution in [1.82, 2.24) is 0 Å². The minimum atomic E-state index is -1.76. The van der Waals surface area contributed by atoms with E-state index < -0.39 is 7.32 Å². The van der Waals surface area contributed by atoms with Crippen LogP contribution < -0.4 is 4.65 Å². The Kier molecular flexibility index (Phi) is 7.00. The van der Waals surface area contributed by atoms with Crippen molar-refractivity contribution in [2.75, 3.05) is 0 Å². The Morgan fingerprint density at radius 1 is 0.727 bits per heavy atom. The van der Waals surface area contributed by atoms with Gasteiger partial charge in [0.2, 0.25) is 0 Å². The van der Waals surface area contributed by atoms with Crippen molar-refractivity contribution < 1.29 is 14.7 Å². The second-order valence-corrected chi connectivity index (χ2v) is 5.49. The van der Waals surface area contributed by atoms with Crippen molar-refractivity contribution in [3.8, 4) is 5.75 Å². The summed E-state index contributed by atoms with van der Waals surface area (Å²) >= 11 is 0. The lowest BCUT2D eigenvalue weighted by atomic mass is 10.0. The number of rotatable bonds is 9. The summed E-state index contributed by atoms with van der Waals surface area (Å²) in [6.07, 6.45) is 6.95. The molecule has 0 saturated carbocycles. The van der Waals surface area contributed by atoms with Crippen LogP contribution in [0.3, 0.4) is 0 Å². The third-order valence-electron chi connectivity index (χ3n) is 3.66. The number of benzene rings is 2. The Bertz CT molecular complexity index is 543. The Morgan fingerprint density at radius 2 is 1.36 bits per heavy atom. The van der Waals surface area contributed by atoms with Crippen molar-refractivity contribution in [3.63, 3.8) is 0 Å². The summed E-state index contributed by atoms with van der Waals surface area (Å²) in [5, 5.41) is 17.6. The largest absolute Gasteiger partial charge is 0.707 e. The zero-order valence-electron chi connectivity index (χ0n) is 12.8. The van der Waals surface area contributed by atoms with E-state index >= 15 is 0 Å². The van der Waals surface area contributed by atoms with Crippen LogP contribution in [0.2, 0.25) is 0 Å². The second kappa shape index (κ2) is 9.28. The van der Waals surface area contributed by atoms with Gasteiger partial charge in [-0.25, -0.2) is 0 Å². The Hall–Kier alpha value is -1.78. The molecule has 2 rings (SSSR count). The Labute approximate surface area is 132 Å². The van der Waals surface area contributed by atoms with Gasteiger partial charge < -0.3 is 14.7 Å². The van der Waals surface area contributed by atoms with Gasteiger partial charge in [-0.1, -0.05) is 55.3 Å². The molecule has 2 aromatic rings. The van der Waals surface area contributed by atoms with Crippen LogP contribution in [0.25, 0.3) is 0 Å². The molecule has 0 aromatic heterocycles. The van der Waals surface area contributed by atoms with E-state index in [1.165, 1.54) is 30.4 Å². The highest BCUT2D eigenvalue weighted by Gasteiger charge is 2.10. The molecule has 116 valence electrons. The molecule has 0 aliphatic heterocycles. The Balaban J connectivity index is 1.62. The predicted molar refractivity (Wildman–Crippen MR) is 89.6 cm³/mol. The monoisotopic (exact) mass is 298 g/mol. The first-order chi connectivity index (χ1) is 10.7. The quantitative estimate of drug-likeness (QED) is 0.551. The highest BCUT2D eigenvalue weighted by atomic mass is 16.6. The highest BCUT2D eigenvalue weighted by molar-refractivity contribution is 6.33. The van der Waals surface area contributed by atoms with E-state index in [1.807, 2.05) is 18.2 Å². The van der Waals surface area contributed by atoms with Gasteiger partial charge in [-0.2, -0.15) is 0 Å². The van der Waals surface area contributed by atoms with Crippen molar-refractivity contribution in [2.24, 2.45) is 0 Å². The van der Waals surface area contributed by atoms with Crippen molar-refractivity contribution in [3.05, 3.63) is 65.7 Å². The summed E-state index contributed by atoms with van der Waals surface area (Å²) in [4.78, 5) is 0. The number of hydrogen-bond donors (Lipinski definition) is 2. The predicted octanol–water partition coefficient (Wildman–Crippen LogP) is 3.38. The third-order valence-corrected chi connectivity index (χ3v) is 3.66. The SMILES string of the molecule is OB(O)Oc1cccc(CCCCCCc2ccccc2)c1. The maximum absolute atomic E-state index is 8.80. The molecule has 0 saturated heterocycles. The summed E-state index contributed by atoms with van der Waals surface area (Å²) in [6, 6.07) is 18.1. The van der Waals surface area contributed by atoms with Crippen molar-refractivity contribution >= 4 is 7.32 Å². The molecule has 0 bridgehead atoms. The zero-order valence-corrected chi connectivity index (χ0v) is 12.8. The first kappa shape index (κ1) is 16.6. The maximum Gasteiger partial charge on any atom is 0.707 e. The van der Waals surface area contributed by atoms with Gasteiger partial charge >= 0.3 is 7.32 Å². The first-order valence-corrected chi connectivity index (χ1v) is 7.90. The molecule has 0 spiro atoms. The van der Waals surface area contributed by atoms with Gasteiger partial charge in [-0.3, -0.25) is 0 Å². The molecule has 0 heterocycles. The third kappa shape index (κ3) is 6.33. The molecule has 0 radical (unpaired) electrons. The molecular formula is C18H23BO3. The van der Waals surface area contributed by atoms with Crippen molar-refractivity contribution in [2.45, 2.75) is 38.5 Å². The summed E-state index contributed by atoms with van der Waals surface area (Å²) in [6.45, 7) is 0. The molecule has 2 aromatic carbocycles. The van der Waals surface area contributed by atoms with Crippen LogP contribution in [0.15, 0.2) is 54.6 Å². The van der Waals surface area contributed by atoms with Crippen LogP contribution in [0.1, 0.15) is 36.8 Å². The molecule has 0 atom stereocenters. The smallest absolute Gasteiger partial charge is 0.512 e. The summed E-state index contributed by atoms with van der Waals surface area (Å²) in [7, 11) is -1.76. The Morgan fingerprint density at radius 3 is 2.05 bits per heavy atom. The van der Waals surface area contributed by atoms with E-state index in [2.05, 4.69) is 30.3 Å². The van der Waals surface area contributed by atoms with Gasteiger partial charge in [0.1, 0.15) is 5.75 Å². The molecule has 4 heteroatoms. The summed E-state index contributed by atoms with van der Waals surface area (Å²) in [5.74, 6) is 0.497. The van der Waals surface area contributed by atoms with Gasteiger partial charge in [-0.15, -0.1) is 0 Å². The molecule has 3 nitrogen and oxygen atoms in total. The summed E-state index contributed by atoms with van der Waals surface area (Å²) < 4.78 is 4.86. The average Bonchev–Trinajstić information content (AvgIpc) is 2.51. The average molecular weight is 298 g/mol. The molecule has 0 unspecified atom stereocenters. The van der Waals surface area contributed by atoms with Crippen LogP contribution in [0.4, 0.5) is 0 Å². The first-order valence-electron chi connectivity index (χ1n) is 7.90. The van der Waals surface area contributed by atoms with E-state index in [0.29, 0.717) is 5.75 Å². The van der Waals surface area contributed by atoms with Crippen molar-refractivity contribution in [1.29, 1.82) is 0 Å². The fraction of sp³-hybridized carbons (Fsp3) is 0.333. The minimum absolute atomic E-state index is 0.497. The lowest BCUT2D eigenvalue weighted by Gasteiger charge is -2.07. The zero-order chi connectivity index (χ0) is 15.6. The molecule has 2 N–H and O–H groups in total. The lowest BCUT2D eigenvalue weighted by molar-refractivity contribution is 0.288. The molecule has 0 aliphatic rings. The van der Waals surface area contributed by atoms with Gasteiger partial charge in [0.15, 0.2) is 0 Å². The number of hydrogen-bond acceptors (Lipinski definition) is 3. The van der Waals surface area contributed by atoms with Gasteiger partial charge in [0.05, 0.1) is 0 Å². The van der Waals surface area contributed by atoms with E-state index in [-0.39, 0.29) is 0 Å². The fourth-order valence-electron chi connectivity index (χ4n) is 2.55. The van der Waals surface area contributed by atoms with Gasteiger partial charge in [-0.05, 0) is 48.9 Å². The number of unbranched alkanes of at least 4 members (excludes halogenated alkanes) is 3. The van der Waals surface area contributed by atoms with Crippen LogP contribution in [0, 0.1) is 0 Å². The molecule has 0 fully saturated rings. The van der Waals surface area contributed by atoms with Crippen LogP contribution in [0.5, 0.6) is 5.75 Å². The van der Waals surface area contributed by atoms with Crippen LogP contribution >= 0.6 is 0 Å². The normalized spacial score (nSPS) is 10.5. The topological polar surface area (TPSA) is 49.7 Å². The molecular weight excluding hydrogens is 275 g/mol. The van der Waals surface area contributed by atoms with Gasteiger partial charge in [0.25, 0.3) is 0 Å². The van der Waals surface area contributed by atoms with Gasteiger partial charge in [0, 0.05) is 0 Å². The van der Waals surface area contributed by atoms with E-state index in [1.54, 1.807) is 6.07 Å². The summed E-state index contributed by atoms with van der Waals surface area (Å²) in [5.41, 5.74) is 2.58. The molecule has 0 aliphatic carbocycles. The van der Waals surface area contributed by atoms with E-state index in [9.17, 15) is 0 Å². The molecule has 22 heavy (non-hydrogen) atoms. The fourth-order valence-corrected chi connectivity index (χ4v) is 2.55. The van der Waals surface area contributed by atoms with Crippen LogP contribution in [-0.2, 0) is 12.8 Å². The lowest BCUT2D eigenvalue weighted by Crippen LogP contribution is -2.20. The number of aryl methyl sites for hydroxylation is 2. The standard InChI is InChI=1S/C18H23BO3/c20-19(21)22-18-14-8-13-17(15-18)12-5-2-1-4-9-16-10-6-3-7-11-16/h3,6-8,10-11,13-15,20-21H,1-2,4-5,9,12H2.